The molecule has 0 aromatic heterocycles. The minimum absolute atomic E-state index is 0.0155. The molecule has 0 aliphatic heterocycles. The molecule has 1 fully saturated rings. The molecule has 0 atom stereocenters. The third kappa shape index (κ3) is 4.59. The number of rotatable bonds is 4. The molecule has 0 unspecified atom stereocenters. The SMILES string of the molecule is COC(=O)c1ccccc1NC(=O)CC1CCCCCC1. The van der Waals surface area contributed by atoms with Crippen molar-refractivity contribution in [3.63, 3.8) is 0 Å². The Bertz CT molecular complexity index is 491. The first-order chi connectivity index (χ1) is 10.2. The van der Waals surface area contributed by atoms with Crippen LogP contribution in [0.1, 0.15) is 55.3 Å². The Labute approximate surface area is 125 Å². The summed E-state index contributed by atoms with van der Waals surface area (Å²) in [6.07, 6.45) is 7.80. The van der Waals surface area contributed by atoms with Gasteiger partial charge in [0.15, 0.2) is 0 Å². The van der Waals surface area contributed by atoms with Crippen molar-refractivity contribution in [3.8, 4) is 0 Å². The molecule has 1 saturated carbocycles. The van der Waals surface area contributed by atoms with Gasteiger partial charge in [-0.2, -0.15) is 0 Å². The van der Waals surface area contributed by atoms with Gasteiger partial charge in [-0.3, -0.25) is 4.79 Å². The lowest BCUT2D eigenvalue weighted by atomic mass is 9.96. The highest BCUT2D eigenvalue weighted by Crippen LogP contribution is 2.26. The average molecular weight is 289 g/mol. The summed E-state index contributed by atoms with van der Waals surface area (Å²) < 4.78 is 4.73. The van der Waals surface area contributed by atoms with Gasteiger partial charge in [0.25, 0.3) is 0 Å². The molecule has 0 spiro atoms. The van der Waals surface area contributed by atoms with E-state index in [1.165, 1.54) is 32.8 Å². The van der Waals surface area contributed by atoms with E-state index in [0.29, 0.717) is 23.6 Å². The van der Waals surface area contributed by atoms with E-state index in [4.69, 9.17) is 4.74 Å². The number of amides is 1. The van der Waals surface area contributed by atoms with Crippen LogP contribution in [-0.4, -0.2) is 19.0 Å². The summed E-state index contributed by atoms with van der Waals surface area (Å²) in [6, 6.07) is 6.95. The van der Waals surface area contributed by atoms with Gasteiger partial charge in [0.2, 0.25) is 5.91 Å². The zero-order valence-electron chi connectivity index (χ0n) is 12.6. The summed E-state index contributed by atoms with van der Waals surface area (Å²) in [7, 11) is 1.34. The number of carbonyl (C=O) groups is 2. The second-order valence-corrected chi connectivity index (χ2v) is 5.65. The summed E-state index contributed by atoms with van der Waals surface area (Å²) in [5.41, 5.74) is 0.928. The molecule has 4 nitrogen and oxygen atoms in total. The molecular formula is C17H23NO3. The minimum Gasteiger partial charge on any atom is -0.465 e. The van der Waals surface area contributed by atoms with Crippen LogP contribution in [0.3, 0.4) is 0 Å². The van der Waals surface area contributed by atoms with Gasteiger partial charge < -0.3 is 10.1 Å². The standard InChI is InChI=1S/C17H23NO3/c1-21-17(20)14-10-6-7-11-15(14)18-16(19)12-13-8-4-2-3-5-9-13/h6-7,10-11,13H,2-5,8-9,12H2,1H3,(H,18,19). The fourth-order valence-electron chi connectivity index (χ4n) is 2.91. The maximum atomic E-state index is 12.2. The minimum atomic E-state index is -0.430. The van der Waals surface area contributed by atoms with E-state index in [2.05, 4.69) is 5.32 Å². The van der Waals surface area contributed by atoms with E-state index in [1.807, 2.05) is 0 Å². The zero-order valence-corrected chi connectivity index (χ0v) is 12.6. The number of anilines is 1. The quantitative estimate of drug-likeness (QED) is 0.678. The fourth-order valence-corrected chi connectivity index (χ4v) is 2.91. The van der Waals surface area contributed by atoms with Crippen LogP contribution in [-0.2, 0) is 9.53 Å². The van der Waals surface area contributed by atoms with Crippen LogP contribution in [0.5, 0.6) is 0 Å². The topological polar surface area (TPSA) is 55.4 Å². The molecule has 4 heteroatoms. The van der Waals surface area contributed by atoms with Crippen LogP contribution in [0.4, 0.5) is 5.69 Å². The molecule has 1 aromatic rings. The van der Waals surface area contributed by atoms with E-state index >= 15 is 0 Å². The number of ether oxygens (including phenoxy) is 1. The molecule has 1 aliphatic rings. The van der Waals surface area contributed by atoms with Gasteiger partial charge in [-0.25, -0.2) is 4.79 Å². The van der Waals surface area contributed by atoms with Crippen LogP contribution in [0, 0.1) is 5.92 Å². The van der Waals surface area contributed by atoms with Crippen molar-refractivity contribution < 1.29 is 14.3 Å². The van der Waals surface area contributed by atoms with Crippen molar-refractivity contribution in [2.75, 3.05) is 12.4 Å². The van der Waals surface area contributed by atoms with E-state index in [9.17, 15) is 9.59 Å². The Balaban J connectivity index is 1.97. The molecule has 1 amide bonds. The number of hydrogen-bond acceptors (Lipinski definition) is 3. The monoisotopic (exact) mass is 289 g/mol. The van der Waals surface area contributed by atoms with Crippen LogP contribution in [0.25, 0.3) is 0 Å². The van der Waals surface area contributed by atoms with Gasteiger partial charge in [0.05, 0.1) is 18.4 Å². The fraction of sp³-hybridized carbons (Fsp3) is 0.529. The van der Waals surface area contributed by atoms with Gasteiger partial charge in [-0.15, -0.1) is 0 Å². The largest absolute Gasteiger partial charge is 0.465 e. The maximum Gasteiger partial charge on any atom is 0.339 e. The predicted molar refractivity (Wildman–Crippen MR) is 82.2 cm³/mol. The lowest BCUT2D eigenvalue weighted by molar-refractivity contribution is -0.117. The second kappa shape index (κ2) is 7.81. The second-order valence-electron chi connectivity index (χ2n) is 5.65. The first-order valence-corrected chi connectivity index (χ1v) is 7.68. The van der Waals surface area contributed by atoms with Gasteiger partial charge in [0, 0.05) is 6.42 Å². The summed E-state index contributed by atoms with van der Waals surface area (Å²) in [5.74, 6) is 0.0245. The number of nitrogens with one attached hydrogen (secondary N) is 1. The smallest absolute Gasteiger partial charge is 0.339 e. The summed E-state index contributed by atoms with van der Waals surface area (Å²) in [4.78, 5) is 23.9. The van der Waals surface area contributed by atoms with Crippen molar-refractivity contribution in [1.82, 2.24) is 0 Å². The molecule has 0 bridgehead atoms. The number of methoxy groups -OCH3 is 1. The number of hydrogen-bond donors (Lipinski definition) is 1. The molecule has 2 rings (SSSR count). The molecule has 1 N–H and O–H groups in total. The van der Waals surface area contributed by atoms with Crippen molar-refractivity contribution in [2.45, 2.75) is 44.9 Å². The van der Waals surface area contributed by atoms with Gasteiger partial charge in [-0.05, 0) is 30.9 Å². The third-order valence-electron chi connectivity index (χ3n) is 4.06. The number of esters is 1. The van der Waals surface area contributed by atoms with Crippen molar-refractivity contribution in [3.05, 3.63) is 29.8 Å². The van der Waals surface area contributed by atoms with Crippen LogP contribution < -0.4 is 5.32 Å². The van der Waals surface area contributed by atoms with Crippen molar-refractivity contribution in [1.29, 1.82) is 0 Å². The molecule has 1 aromatic carbocycles. The van der Waals surface area contributed by atoms with Crippen LogP contribution in [0.15, 0.2) is 24.3 Å². The first-order valence-electron chi connectivity index (χ1n) is 7.68. The Morgan fingerprint density at radius 3 is 2.48 bits per heavy atom. The third-order valence-corrected chi connectivity index (χ3v) is 4.06. The zero-order chi connectivity index (χ0) is 15.1. The normalized spacial score (nSPS) is 16.0. The van der Waals surface area contributed by atoms with Crippen molar-refractivity contribution in [2.24, 2.45) is 5.92 Å². The van der Waals surface area contributed by atoms with Crippen LogP contribution in [0.2, 0.25) is 0 Å². The van der Waals surface area contributed by atoms with E-state index in [-0.39, 0.29) is 5.91 Å². The highest BCUT2D eigenvalue weighted by molar-refractivity contribution is 6.01. The van der Waals surface area contributed by atoms with E-state index in [1.54, 1.807) is 24.3 Å². The summed E-state index contributed by atoms with van der Waals surface area (Å²) in [6.45, 7) is 0. The Morgan fingerprint density at radius 1 is 1.14 bits per heavy atom. The summed E-state index contributed by atoms with van der Waals surface area (Å²) in [5, 5.41) is 2.85. The molecule has 0 heterocycles. The molecule has 114 valence electrons. The molecule has 1 aliphatic carbocycles. The molecule has 0 saturated heterocycles. The van der Waals surface area contributed by atoms with Crippen LogP contribution >= 0.6 is 0 Å². The lowest BCUT2D eigenvalue weighted by Gasteiger charge is -2.14. The molecular weight excluding hydrogens is 266 g/mol. The van der Waals surface area contributed by atoms with Crippen molar-refractivity contribution >= 4 is 17.6 Å². The van der Waals surface area contributed by atoms with E-state index in [0.717, 1.165) is 12.8 Å². The molecule has 21 heavy (non-hydrogen) atoms. The average Bonchev–Trinajstić information content (AvgIpc) is 2.75. The lowest BCUT2D eigenvalue weighted by Crippen LogP contribution is -2.18. The number of carbonyl (C=O) groups excluding carboxylic acids is 2. The molecule has 0 radical (unpaired) electrons. The van der Waals surface area contributed by atoms with Gasteiger partial charge in [0.1, 0.15) is 0 Å². The number of para-hydroxylation sites is 1. The Hall–Kier alpha value is -1.84. The first kappa shape index (κ1) is 15.5. The highest BCUT2D eigenvalue weighted by Gasteiger charge is 2.18. The predicted octanol–water partition coefficient (Wildman–Crippen LogP) is 3.77. The Kier molecular flexibility index (Phi) is 5.78. The van der Waals surface area contributed by atoms with Gasteiger partial charge >= 0.3 is 5.97 Å². The van der Waals surface area contributed by atoms with Gasteiger partial charge in [-0.1, -0.05) is 37.8 Å². The van der Waals surface area contributed by atoms with E-state index < -0.39 is 5.97 Å². The summed E-state index contributed by atoms with van der Waals surface area (Å²) >= 11 is 0. The maximum absolute atomic E-state index is 12.2. The number of benzene rings is 1. The Morgan fingerprint density at radius 2 is 1.81 bits per heavy atom. The highest BCUT2D eigenvalue weighted by atomic mass is 16.5.